The lowest BCUT2D eigenvalue weighted by atomic mass is 10.0. The van der Waals surface area contributed by atoms with Crippen molar-refractivity contribution in [2.45, 2.75) is 33.2 Å². The van der Waals surface area contributed by atoms with Gasteiger partial charge in [0.1, 0.15) is 5.82 Å². The third-order valence-electron chi connectivity index (χ3n) is 2.72. The van der Waals surface area contributed by atoms with E-state index in [1.165, 1.54) is 12.1 Å². The first-order valence-electron chi connectivity index (χ1n) is 5.15. The van der Waals surface area contributed by atoms with Crippen LogP contribution in [-0.2, 0) is 0 Å². The van der Waals surface area contributed by atoms with E-state index in [1.807, 2.05) is 6.07 Å². The first-order chi connectivity index (χ1) is 6.63. The van der Waals surface area contributed by atoms with Gasteiger partial charge in [-0.2, -0.15) is 0 Å². The largest absolute Gasteiger partial charge is 0.382 e. The lowest BCUT2D eigenvalue weighted by Gasteiger charge is -2.20. The molecule has 0 amide bonds. The average molecular weight is 195 g/mol. The molecule has 1 aromatic carbocycles. The van der Waals surface area contributed by atoms with E-state index in [-0.39, 0.29) is 5.82 Å². The summed E-state index contributed by atoms with van der Waals surface area (Å²) in [5.41, 5.74) is 0.859. The lowest BCUT2D eigenvalue weighted by molar-refractivity contribution is 0.494. The van der Waals surface area contributed by atoms with Crippen LogP contribution in [0.3, 0.4) is 0 Å². The van der Waals surface area contributed by atoms with Gasteiger partial charge >= 0.3 is 0 Å². The van der Waals surface area contributed by atoms with Gasteiger partial charge in [0, 0.05) is 11.7 Å². The van der Waals surface area contributed by atoms with Crippen molar-refractivity contribution in [2.24, 2.45) is 5.92 Å². The lowest BCUT2D eigenvalue weighted by Crippen LogP contribution is -2.23. The van der Waals surface area contributed by atoms with Gasteiger partial charge in [0.05, 0.1) is 0 Å². The predicted octanol–water partition coefficient (Wildman–Crippen LogP) is 3.67. The van der Waals surface area contributed by atoms with Crippen molar-refractivity contribution < 1.29 is 4.39 Å². The molecule has 0 aliphatic rings. The number of rotatable bonds is 4. The normalized spacial score (nSPS) is 14.9. The Hall–Kier alpha value is -1.05. The van der Waals surface area contributed by atoms with Crippen LogP contribution in [0.4, 0.5) is 10.1 Å². The van der Waals surface area contributed by atoms with Crippen LogP contribution in [0.2, 0.25) is 0 Å². The van der Waals surface area contributed by atoms with Crippen LogP contribution >= 0.6 is 0 Å². The van der Waals surface area contributed by atoms with Gasteiger partial charge < -0.3 is 5.32 Å². The van der Waals surface area contributed by atoms with Crippen molar-refractivity contribution in [1.82, 2.24) is 0 Å². The summed E-state index contributed by atoms with van der Waals surface area (Å²) in [6, 6.07) is 6.97. The van der Waals surface area contributed by atoms with Crippen molar-refractivity contribution in [3.63, 3.8) is 0 Å². The minimum absolute atomic E-state index is 0.189. The maximum Gasteiger partial charge on any atom is 0.125 e. The number of hydrogen-bond donors (Lipinski definition) is 1. The second-order valence-electron chi connectivity index (χ2n) is 3.83. The molecule has 1 rings (SSSR count). The quantitative estimate of drug-likeness (QED) is 0.773. The van der Waals surface area contributed by atoms with Crippen molar-refractivity contribution in [1.29, 1.82) is 0 Å². The molecular formula is C12H18FN. The predicted molar refractivity (Wildman–Crippen MR) is 58.9 cm³/mol. The van der Waals surface area contributed by atoms with E-state index < -0.39 is 0 Å². The summed E-state index contributed by atoms with van der Waals surface area (Å²) in [6.07, 6.45) is 1.13. The van der Waals surface area contributed by atoms with Gasteiger partial charge in [-0.1, -0.05) is 26.3 Å². The highest BCUT2D eigenvalue weighted by atomic mass is 19.1. The highest BCUT2D eigenvalue weighted by Gasteiger charge is 2.09. The second kappa shape index (κ2) is 4.99. The van der Waals surface area contributed by atoms with Gasteiger partial charge in [0.25, 0.3) is 0 Å². The molecule has 1 N–H and O–H groups in total. The molecule has 0 aliphatic carbocycles. The van der Waals surface area contributed by atoms with Crippen LogP contribution in [0, 0.1) is 11.7 Å². The number of benzene rings is 1. The van der Waals surface area contributed by atoms with E-state index in [0.29, 0.717) is 12.0 Å². The highest BCUT2D eigenvalue weighted by molar-refractivity contribution is 5.43. The van der Waals surface area contributed by atoms with E-state index in [1.54, 1.807) is 6.07 Å². The fourth-order valence-corrected chi connectivity index (χ4v) is 1.34. The van der Waals surface area contributed by atoms with E-state index in [0.717, 1.165) is 12.1 Å². The first kappa shape index (κ1) is 11.0. The van der Waals surface area contributed by atoms with Crippen LogP contribution in [0.1, 0.15) is 27.2 Å². The summed E-state index contributed by atoms with van der Waals surface area (Å²) in [4.78, 5) is 0. The Morgan fingerprint density at radius 2 is 2.07 bits per heavy atom. The summed E-state index contributed by atoms with van der Waals surface area (Å²) in [7, 11) is 0. The molecule has 0 unspecified atom stereocenters. The molecule has 0 aliphatic heterocycles. The average Bonchev–Trinajstić information content (AvgIpc) is 2.16. The number of halogens is 1. The number of anilines is 1. The molecule has 0 fully saturated rings. The monoisotopic (exact) mass is 195 g/mol. The van der Waals surface area contributed by atoms with E-state index in [9.17, 15) is 4.39 Å². The van der Waals surface area contributed by atoms with Gasteiger partial charge in [0.2, 0.25) is 0 Å². The minimum Gasteiger partial charge on any atom is -0.382 e. The third kappa shape index (κ3) is 3.02. The number of hydrogen-bond acceptors (Lipinski definition) is 1. The molecular weight excluding hydrogens is 177 g/mol. The number of nitrogens with one attached hydrogen (secondary N) is 1. The Kier molecular flexibility index (Phi) is 3.93. The maximum atomic E-state index is 12.9. The molecule has 1 nitrogen and oxygen atoms in total. The molecule has 0 saturated heterocycles. The maximum absolute atomic E-state index is 12.9. The van der Waals surface area contributed by atoms with Crippen molar-refractivity contribution >= 4 is 5.69 Å². The van der Waals surface area contributed by atoms with Crippen LogP contribution in [0.25, 0.3) is 0 Å². The summed E-state index contributed by atoms with van der Waals surface area (Å²) in [5.74, 6) is 0.407. The molecule has 0 aromatic heterocycles. The molecule has 0 saturated carbocycles. The molecule has 2 atom stereocenters. The van der Waals surface area contributed by atoms with Crippen molar-refractivity contribution in [2.75, 3.05) is 5.32 Å². The SMILES string of the molecule is CC[C@@H](C)[C@H](C)Nc1cccc(F)c1. The van der Waals surface area contributed by atoms with E-state index in [2.05, 4.69) is 26.1 Å². The highest BCUT2D eigenvalue weighted by Crippen LogP contribution is 2.15. The fourth-order valence-electron chi connectivity index (χ4n) is 1.34. The molecule has 1 aromatic rings. The van der Waals surface area contributed by atoms with Gasteiger partial charge in [-0.3, -0.25) is 0 Å². The topological polar surface area (TPSA) is 12.0 Å². The Morgan fingerprint density at radius 1 is 1.36 bits per heavy atom. The van der Waals surface area contributed by atoms with Gasteiger partial charge in [-0.15, -0.1) is 0 Å². The molecule has 0 spiro atoms. The minimum atomic E-state index is -0.189. The van der Waals surface area contributed by atoms with Crippen LogP contribution < -0.4 is 5.32 Å². The van der Waals surface area contributed by atoms with Crippen LogP contribution in [0.15, 0.2) is 24.3 Å². The zero-order chi connectivity index (χ0) is 10.6. The Balaban J connectivity index is 2.60. The van der Waals surface area contributed by atoms with E-state index in [4.69, 9.17) is 0 Å². The van der Waals surface area contributed by atoms with Crippen molar-refractivity contribution in [3.05, 3.63) is 30.1 Å². The molecule has 78 valence electrons. The van der Waals surface area contributed by atoms with Gasteiger partial charge in [-0.25, -0.2) is 4.39 Å². The van der Waals surface area contributed by atoms with Gasteiger partial charge in [0.15, 0.2) is 0 Å². The van der Waals surface area contributed by atoms with Crippen molar-refractivity contribution in [3.8, 4) is 0 Å². The van der Waals surface area contributed by atoms with Gasteiger partial charge in [-0.05, 0) is 31.0 Å². The zero-order valence-corrected chi connectivity index (χ0v) is 9.05. The van der Waals surface area contributed by atoms with Crippen LogP contribution in [0.5, 0.6) is 0 Å². The smallest absolute Gasteiger partial charge is 0.125 e. The third-order valence-corrected chi connectivity index (χ3v) is 2.72. The summed E-state index contributed by atoms with van der Waals surface area (Å²) in [5, 5.41) is 3.29. The summed E-state index contributed by atoms with van der Waals surface area (Å²) in [6.45, 7) is 6.48. The molecule has 0 bridgehead atoms. The second-order valence-corrected chi connectivity index (χ2v) is 3.83. The fraction of sp³-hybridized carbons (Fsp3) is 0.500. The first-order valence-corrected chi connectivity index (χ1v) is 5.15. The standard InChI is InChI=1S/C12H18FN/c1-4-9(2)10(3)14-12-7-5-6-11(13)8-12/h5-10,14H,4H2,1-3H3/t9-,10+/m1/s1. The zero-order valence-electron chi connectivity index (χ0n) is 9.05. The summed E-state index contributed by atoms with van der Waals surface area (Å²) < 4.78 is 12.9. The molecule has 14 heavy (non-hydrogen) atoms. The summed E-state index contributed by atoms with van der Waals surface area (Å²) >= 11 is 0. The Bertz CT molecular complexity index is 285. The van der Waals surface area contributed by atoms with E-state index >= 15 is 0 Å². The molecule has 0 heterocycles. The van der Waals surface area contributed by atoms with Crippen LogP contribution in [-0.4, -0.2) is 6.04 Å². The molecule has 2 heteroatoms. The molecule has 0 radical (unpaired) electrons. The Labute approximate surface area is 85.3 Å². The Morgan fingerprint density at radius 3 is 2.64 bits per heavy atom.